The summed E-state index contributed by atoms with van der Waals surface area (Å²) in [5.74, 6) is 0.936. The molecule has 0 aromatic heterocycles. The molecule has 0 aromatic rings. The van der Waals surface area contributed by atoms with Crippen LogP contribution in [0.1, 0.15) is 20.3 Å². The zero-order valence-electron chi connectivity index (χ0n) is 9.93. The Hall–Kier alpha value is -0.430. The van der Waals surface area contributed by atoms with E-state index in [-0.39, 0.29) is 18.7 Å². The van der Waals surface area contributed by atoms with Gasteiger partial charge in [0.15, 0.2) is 5.17 Å². The van der Waals surface area contributed by atoms with Gasteiger partial charge in [0.25, 0.3) is 0 Å². The Morgan fingerprint density at radius 3 is 2.76 bits per heavy atom. The molecule has 1 aliphatic heterocycles. The van der Waals surface area contributed by atoms with Gasteiger partial charge < -0.3 is 10.1 Å². The summed E-state index contributed by atoms with van der Waals surface area (Å²) in [7, 11) is 0. The van der Waals surface area contributed by atoms with Crippen LogP contribution in [0.15, 0.2) is 4.99 Å². The molecular weight excluding hydrogens is 253 g/mol. The number of hydrogen-bond acceptors (Lipinski definition) is 3. The number of rotatable bonds is 5. The highest BCUT2D eigenvalue weighted by Gasteiger charge is 2.30. The van der Waals surface area contributed by atoms with E-state index in [1.165, 1.54) is 0 Å². The van der Waals surface area contributed by atoms with Gasteiger partial charge in [0.05, 0.1) is 13.2 Å². The van der Waals surface area contributed by atoms with Gasteiger partial charge in [-0.1, -0.05) is 18.7 Å². The maximum absolute atomic E-state index is 11.8. The minimum atomic E-state index is -4.26. The molecule has 1 rings (SSSR count). The van der Waals surface area contributed by atoms with E-state index in [1.807, 2.05) is 0 Å². The third-order valence-electron chi connectivity index (χ3n) is 2.47. The lowest BCUT2D eigenvalue weighted by molar-refractivity contribution is -0.173. The Morgan fingerprint density at radius 2 is 2.24 bits per heavy atom. The maximum atomic E-state index is 11.8. The highest BCUT2D eigenvalue weighted by atomic mass is 32.2. The van der Waals surface area contributed by atoms with Gasteiger partial charge in [-0.05, 0) is 13.3 Å². The first-order valence-electron chi connectivity index (χ1n) is 5.44. The zero-order chi connectivity index (χ0) is 12.9. The smallest absolute Gasteiger partial charge is 0.370 e. The predicted molar refractivity (Wildman–Crippen MR) is 63.5 cm³/mol. The van der Waals surface area contributed by atoms with Crippen LogP contribution in [0.25, 0.3) is 0 Å². The van der Waals surface area contributed by atoms with E-state index >= 15 is 0 Å². The van der Waals surface area contributed by atoms with Crippen LogP contribution in [-0.4, -0.2) is 42.4 Å². The molecule has 7 heteroatoms. The van der Waals surface area contributed by atoms with Crippen molar-refractivity contribution in [3.05, 3.63) is 0 Å². The average molecular weight is 270 g/mol. The molecule has 0 radical (unpaired) electrons. The van der Waals surface area contributed by atoms with Crippen LogP contribution in [0.5, 0.6) is 0 Å². The molecule has 1 atom stereocenters. The Kier molecular flexibility index (Phi) is 5.12. The SMILES string of the molecule is CCC1(C)CSC(=NCCOCC(F)(F)F)N1. The molecular formula is C10H17F3N2OS. The summed E-state index contributed by atoms with van der Waals surface area (Å²) >= 11 is 1.60. The second-order valence-electron chi connectivity index (χ2n) is 4.18. The molecule has 3 nitrogen and oxygen atoms in total. The molecule has 1 fully saturated rings. The molecule has 1 aliphatic rings. The van der Waals surface area contributed by atoms with E-state index in [2.05, 4.69) is 28.9 Å². The Balaban J connectivity index is 2.19. The van der Waals surface area contributed by atoms with Crippen LogP contribution in [0.4, 0.5) is 13.2 Å². The highest BCUT2D eigenvalue weighted by Crippen LogP contribution is 2.25. The molecule has 0 aromatic carbocycles. The quantitative estimate of drug-likeness (QED) is 0.779. The lowest BCUT2D eigenvalue weighted by Crippen LogP contribution is -2.39. The number of aliphatic imine (C=N–C) groups is 1. The minimum absolute atomic E-state index is 0.00586. The van der Waals surface area contributed by atoms with E-state index in [0.29, 0.717) is 0 Å². The summed E-state index contributed by atoms with van der Waals surface area (Å²) in [6.45, 7) is 3.23. The van der Waals surface area contributed by atoms with E-state index in [9.17, 15) is 13.2 Å². The molecule has 0 aliphatic carbocycles. The van der Waals surface area contributed by atoms with Crippen molar-refractivity contribution in [3.63, 3.8) is 0 Å². The largest absolute Gasteiger partial charge is 0.411 e. The maximum Gasteiger partial charge on any atom is 0.411 e. The van der Waals surface area contributed by atoms with Crippen LogP contribution in [0.3, 0.4) is 0 Å². The van der Waals surface area contributed by atoms with Gasteiger partial charge in [0.2, 0.25) is 0 Å². The van der Waals surface area contributed by atoms with Crippen molar-refractivity contribution < 1.29 is 17.9 Å². The van der Waals surface area contributed by atoms with Gasteiger partial charge in [-0.15, -0.1) is 0 Å². The molecule has 0 amide bonds. The predicted octanol–water partition coefficient (Wildman–Crippen LogP) is 2.43. The lowest BCUT2D eigenvalue weighted by Gasteiger charge is -2.20. The van der Waals surface area contributed by atoms with E-state index in [0.717, 1.165) is 17.3 Å². The van der Waals surface area contributed by atoms with Gasteiger partial charge >= 0.3 is 6.18 Å². The van der Waals surface area contributed by atoms with E-state index < -0.39 is 12.8 Å². The van der Waals surface area contributed by atoms with Crippen molar-refractivity contribution in [1.82, 2.24) is 5.32 Å². The molecule has 100 valence electrons. The van der Waals surface area contributed by atoms with Crippen LogP contribution < -0.4 is 5.32 Å². The van der Waals surface area contributed by atoms with Crippen molar-refractivity contribution in [2.75, 3.05) is 25.5 Å². The molecule has 1 heterocycles. The van der Waals surface area contributed by atoms with Crippen molar-refractivity contribution in [1.29, 1.82) is 0 Å². The second kappa shape index (κ2) is 5.95. The summed E-state index contributed by atoms with van der Waals surface area (Å²) in [5, 5.41) is 4.06. The lowest BCUT2D eigenvalue weighted by atomic mass is 10.0. The number of hydrogen-bond donors (Lipinski definition) is 1. The van der Waals surface area contributed by atoms with E-state index in [4.69, 9.17) is 0 Å². The molecule has 0 spiro atoms. The molecule has 1 unspecified atom stereocenters. The number of nitrogens with one attached hydrogen (secondary N) is 1. The fraction of sp³-hybridized carbons (Fsp3) is 0.900. The average Bonchev–Trinajstić information content (AvgIpc) is 2.59. The molecule has 17 heavy (non-hydrogen) atoms. The summed E-state index contributed by atoms with van der Waals surface area (Å²) < 4.78 is 39.7. The zero-order valence-corrected chi connectivity index (χ0v) is 10.7. The van der Waals surface area contributed by atoms with Gasteiger partial charge in [0.1, 0.15) is 6.61 Å². The molecule has 1 saturated heterocycles. The Bertz CT molecular complexity index is 283. The second-order valence-corrected chi connectivity index (χ2v) is 5.15. The van der Waals surface area contributed by atoms with Crippen LogP contribution in [-0.2, 0) is 4.74 Å². The first-order chi connectivity index (χ1) is 7.85. The Labute approximate surface area is 103 Å². The monoisotopic (exact) mass is 270 g/mol. The third kappa shape index (κ3) is 5.63. The highest BCUT2D eigenvalue weighted by molar-refractivity contribution is 8.14. The van der Waals surface area contributed by atoms with Crippen molar-refractivity contribution >= 4 is 16.9 Å². The fourth-order valence-electron chi connectivity index (χ4n) is 1.23. The first-order valence-corrected chi connectivity index (χ1v) is 6.43. The van der Waals surface area contributed by atoms with Crippen LogP contribution in [0.2, 0.25) is 0 Å². The summed E-state index contributed by atoms with van der Waals surface area (Å²) in [4.78, 5) is 4.16. The molecule has 0 saturated carbocycles. The summed E-state index contributed by atoms with van der Waals surface area (Å²) in [6, 6.07) is 0. The molecule has 0 bridgehead atoms. The van der Waals surface area contributed by atoms with Gasteiger partial charge in [-0.25, -0.2) is 0 Å². The standard InChI is InChI=1S/C10H17F3N2OS/c1-3-9(2)7-17-8(15-9)14-4-5-16-6-10(11,12)13/h3-7H2,1-2H3,(H,14,15). The van der Waals surface area contributed by atoms with Gasteiger partial charge in [0, 0.05) is 11.3 Å². The van der Waals surface area contributed by atoms with Crippen molar-refractivity contribution in [2.24, 2.45) is 4.99 Å². The van der Waals surface area contributed by atoms with E-state index in [1.54, 1.807) is 11.8 Å². The third-order valence-corrected chi connectivity index (χ3v) is 3.76. The first kappa shape index (κ1) is 14.6. The number of halogens is 3. The summed E-state index contributed by atoms with van der Waals surface area (Å²) in [6.07, 6.45) is -3.27. The topological polar surface area (TPSA) is 33.6 Å². The minimum Gasteiger partial charge on any atom is -0.370 e. The van der Waals surface area contributed by atoms with Crippen LogP contribution in [0, 0.1) is 0 Å². The Morgan fingerprint density at radius 1 is 1.53 bits per heavy atom. The number of amidine groups is 1. The van der Waals surface area contributed by atoms with Crippen molar-refractivity contribution in [3.8, 4) is 0 Å². The number of thioether (sulfide) groups is 1. The number of nitrogens with zero attached hydrogens (tertiary/aromatic N) is 1. The van der Waals surface area contributed by atoms with Gasteiger partial charge in [-0.3, -0.25) is 4.99 Å². The molecule has 1 N–H and O–H groups in total. The van der Waals surface area contributed by atoms with Crippen molar-refractivity contribution in [2.45, 2.75) is 32.0 Å². The number of alkyl halides is 3. The number of ether oxygens (including phenoxy) is 1. The fourth-order valence-corrected chi connectivity index (χ4v) is 2.47. The van der Waals surface area contributed by atoms with Crippen LogP contribution >= 0.6 is 11.8 Å². The summed E-state index contributed by atoms with van der Waals surface area (Å²) in [5.41, 5.74) is 0.0519. The van der Waals surface area contributed by atoms with Gasteiger partial charge in [-0.2, -0.15) is 13.2 Å². The normalized spacial score (nSPS) is 27.5.